The first-order valence-electron chi connectivity index (χ1n) is 10.7. The van der Waals surface area contributed by atoms with E-state index in [2.05, 4.69) is 6.92 Å². The molecule has 1 rings (SSSR count). The summed E-state index contributed by atoms with van der Waals surface area (Å²) in [5.41, 5.74) is 0.790. The standard InChI is InChI=1S/C23H38O6/c1-5-6-7-8-9-10-11-12-13-14-19-20(28-16-26-3)15-21(29-17-27-4)22(18(2)24)23(19)25/h15,25H,5-14,16-17H2,1-4H3. The van der Waals surface area contributed by atoms with E-state index in [1.165, 1.54) is 66.1 Å². The molecule has 1 N–H and O–H groups in total. The molecule has 0 radical (unpaired) electrons. The third kappa shape index (κ3) is 9.05. The Hall–Kier alpha value is -1.79. The summed E-state index contributed by atoms with van der Waals surface area (Å²) >= 11 is 0. The summed E-state index contributed by atoms with van der Waals surface area (Å²) < 4.78 is 21.0. The summed E-state index contributed by atoms with van der Waals surface area (Å²) in [6, 6.07) is 1.64. The van der Waals surface area contributed by atoms with Gasteiger partial charge in [0.15, 0.2) is 19.4 Å². The maximum Gasteiger partial charge on any atom is 0.188 e. The van der Waals surface area contributed by atoms with Crippen LogP contribution in [0.15, 0.2) is 6.07 Å². The number of phenols is 1. The fraction of sp³-hybridized carbons (Fsp3) is 0.696. The molecule has 0 spiro atoms. The largest absolute Gasteiger partial charge is 0.507 e. The van der Waals surface area contributed by atoms with Crippen molar-refractivity contribution in [2.75, 3.05) is 27.8 Å². The van der Waals surface area contributed by atoms with Crippen molar-refractivity contribution in [3.8, 4) is 17.2 Å². The molecule has 0 aliphatic carbocycles. The molecule has 0 amide bonds. The average molecular weight is 411 g/mol. The van der Waals surface area contributed by atoms with Gasteiger partial charge < -0.3 is 24.1 Å². The van der Waals surface area contributed by atoms with Gasteiger partial charge in [0.25, 0.3) is 0 Å². The molecule has 0 heterocycles. The fourth-order valence-corrected chi connectivity index (χ4v) is 3.34. The zero-order valence-electron chi connectivity index (χ0n) is 18.6. The van der Waals surface area contributed by atoms with Crippen LogP contribution in [0, 0.1) is 0 Å². The zero-order valence-corrected chi connectivity index (χ0v) is 18.6. The summed E-state index contributed by atoms with van der Waals surface area (Å²) in [6.07, 6.45) is 11.6. The number of carbonyl (C=O) groups is 1. The molecule has 6 heteroatoms. The topological polar surface area (TPSA) is 74.2 Å². The summed E-state index contributed by atoms with van der Waals surface area (Å²) in [5.74, 6) is 0.385. The van der Waals surface area contributed by atoms with E-state index >= 15 is 0 Å². The van der Waals surface area contributed by atoms with E-state index in [1.54, 1.807) is 6.07 Å². The number of ether oxygens (including phenoxy) is 4. The van der Waals surface area contributed by atoms with Crippen molar-refractivity contribution in [1.82, 2.24) is 0 Å². The first-order valence-corrected chi connectivity index (χ1v) is 10.7. The van der Waals surface area contributed by atoms with Gasteiger partial charge in [-0.3, -0.25) is 4.79 Å². The molecule has 0 aliphatic heterocycles. The van der Waals surface area contributed by atoms with Gasteiger partial charge in [-0.05, 0) is 19.8 Å². The van der Waals surface area contributed by atoms with Crippen molar-refractivity contribution in [2.45, 2.75) is 78.1 Å². The lowest BCUT2D eigenvalue weighted by Gasteiger charge is -2.18. The number of benzene rings is 1. The molecule has 29 heavy (non-hydrogen) atoms. The van der Waals surface area contributed by atoms with Crippen molar-refractivity contribution in [1.29, 1.82) is 0 Å². The molecule has 0 bridgehead atoms. The molecule has 0 aliphatic rings. The first kappa shape index (κ1) is 25.2. The SMILES string of the molecule is CCCCCCCCCCCc1c(OCOC)cc(OCOC)c(C(C)=O)c1O. The number of rotatable bonds is 17. The molecule has 0 fully saturated rings. The van der Waals surface area contributed by atoms with Crippen LogP contribution in [0.25, 0.3) is 0 Å². The Bertz CT molecular complexity index is 600. The lowest BCUT2D eigenvalue weighted by atomic mass is 9.98. The smallest absolute Gasteiger partial charge is 0.188 e. The number of ketones is 1. The third-order valence-corrected chi connectivity index (χ3v) is 4.88. The monoisotopic (exact) mass is 410 g/mol. The van der Waals surface area contributed by atoms with Crippen LogP contribution in [-0.2, 0) is 15.9 Å². The second-order valence-electron chi connectivity index (χ2n) is 7.31. The Morgan fingerprint density at radius 3 is 1.90 bits per heavy atom. The van der Waals surface area contributed by atoms with Crippen LogP contribution in [0.2, 0.25) is 0 Å². The maximum atomic E-state index is 12.1. The summed E-state index contributed by atoms with van der Waals surface area (Å²) in [7, 11) is 3.03. The van der Waals surface area contributed by atoms with E-state index in [1.807, 2.05) is 0 Å². The minimum absolute atomic E-state index is 0.0267. The fourth-order valence-electron chi connectivity index (χ4n) is 3.34. The molecule has 1 aromatic rings. The van der Waals surface area contributed by atoms with Crippen LogP contribution < -0.4 is 9.47 Å². The van der Waals surface area contributed by atoms with Gasteiger partial charge in [-0.1, -0.05) is 58.3 Å². The minimum Gasteiger partial charge on any atom is -0.507 e. The van der Waals surface area contributed by atoms with Crippen molar-refractivity contribution < 1.29 is 28.8 Å². The number of methoxy groups -OCH3 is 2. The molecular formula is C23H38O6. The summed E-state index contributed by atoms with van der Waals surface area (Å²) in [4.78, 5) is 12.1. The van der Waals surface area contributed by atoms with E-state index < -0.39 is 0 Å². The molecule has 166 valence electrons. The number of aromatic hydroxyl groups is 1. The van der Waals surface area contributed by atoms with Gasteiger partial charge in [0.05, 0.1) is 0 Å². The van der Waals surface area contributed by atoms with Crippen molar-refractivity contribution in [3.63, 3.8) is 0 Å². The molecule has 0 saturated heterocycles. The van der Waals surface area contributed by atoms with Crippen LogP contribution in [0.5, 0.6) is 17.2 Å². The molecule has 0 atom stereocenters. The molecule has 0 aromatic heterocycles. The van der Waals surface area contributed by atoms with Gasteiger partial charge in [-0.25, -0.2) is 0 Å². The number of Topliss-reactive ketones (excluding diaryl/α,β-unsaturated/α-hetero) is 1. The van der Waals surface area contributed by atoms with Crippen LogP contribution in [-0.4, -0.2) is 38.7 Å². The number of hydrogen-bond acceptors (Lipinski definition) is 6. The van der Waals surface area contributed by atoms with Gasteiger partial charge in [0, 0.05) is 25.8 Å². The molecule has 6 nitrogen and oxygen atoms in total. The molecule has 0 saturated carbocycles. The number of unbranched alkanes of at least 4 members (excludes halogenated alkanes) is 8. The highest BCUT2D eigenvalue weighted by Crippen LogP contribution is 2.40. The van der Waals surface area contributed by atoms with Gasteiger partial charge in [0.2, 0.25) is 0 Å². The van der Waals surface area contributed by atoms with Crippen LogP contribution >= 0.6 is 0 Å². The van der Waals surface area contributed by atoms with Crippen molar-refractivity contribution >= 4 is 5.78 Å². The van der Waals surface area contributed by atoms with Crippen molar-refractivity contribution in [2.24, 2.45) is 0 Å². The second-order valence-corrected chi connectivity index (χ2v) is 7.31. The number of hydrogen-bond donors (Lipinski definition) is 1. The Labute approximate surface area is 175 Å². The van der Waals surface area contributed by atoms with E-state index in [-0.39, 0.29) is 36.4 Å². The molecular weight excluding hydrogens is 372 g/mol. The Morgan fingerprint density at radius 2 is 1.38 bits per heavy atom. The summed E-state index contributed by atoms with van der Waals surface area (Å²) in [5, 5.41) is 10.8. The van der Waals surface area contributed by atoms with Crippen LogP contribution in [0.4, 0.5) is 0 Å². The highest BCUT2D eigenvalue weighted by atomic mass is 16.7. The lowest BCUT2D eigenvalue weighted by Crippen LogP contribution is -2.09. The van der Waals surface area contributed by atoms with E-state index in [9.17, 15) is 9.90 Å². The summed E-state index contributed by atoms with van der Waals surface area (Å²) in [6.45, 7) is 3.66. The van der Waals surface area contributed by atoms with Crippen LogP contribution in [0.3, 0.4) is 0 Å². The normalized spacial score (nSPS) is 10.9. The predicted molar refractivity (Wildman–Crippen MR) is 114 cm³/mol. The quantitative estimate of drug-likeness (QED) is 0.204. The second kappa shape index (κ2) is 15.1. The zero-order chi connectivity index (χ0) is 21.5. The first-order chi connectivity index (χ1) is 14.1. The predicted octanol–water partition coefficient (Wildman–Crippen LogP) is 5.63. The maximum absolute atomic E-state index is 12.1. The van der Waals surface area contributed by atoms with E-state index in [4.69, 9.17) is 18.9 Å². The van der Waals surface area contributed by atoms with Gasteiger partial charge in [-0.2, -0.15) is 0 Å². The Balaban J connectivity index is 2.77. The highest BCUT2D eigenvalue weighted by molar-refractivity contribution is 6.00. The Morgan fingerprint density at radius 1 is 0.862 bits per heavy atom. The average Bonchev–Trinajstić information content (AvgIpc) is 2.70. The molecule has 0 unspecified atom stereocenters. The van der Waals surface area contributed by atoms with Gasteiger partial charge >= 0.3 is 0 Å². The lowest BCUT2D eigenvalue weighted by molar-refractivity contribution is 0.0447. The van der Waals surface area contributed by atoms with Crippen LogP contribution in [0.1, 0.15) is 87.6 Å². The highest BCUT2D eigenvalue weighted by Gasteiger charge is 2.22. The third-order valence-electron chi connectivity index (χ3n) is 4.88. The number of carbonyl (C=O) groups excluding carboxylic acids is 1. The van der Waals surface area contributed by atoms with Crippen molar-refractivity contribution in [3.05, 3.63) is 17.2 Å². The van der Waals surface area contributed by atoms with Gasteiger partial charge in [-0.15, -0.1) is 0 Å². The van der Waals surface area contributed by atoms with E-state index in [0.717, 1.165) is 12.8 Å². The molecule has 1 aromatic carbocycles. The Kier molecular flexibility index (Phi) is 13.1. The number of phenolic OH excluding ortho intramolecular Hbond substituents is 1. The van der Waals surface area contributed by atoms with E-state index in [0.29, 0.717) is 17.7 Å². The minimum atomic E-state index is -0.264. The van der Waals surface area contributed by atoms with Gasteiger partial charge in [0.1, 0.15) is 22.8 Å².